The van der Waals surface area contributed by atoms with Crippen LogP contribution in [0.1, 0.15) is 33.6 Å². The summed E-state index contributed by atoms with van der Waals surface area (Å²) in [6.45, 7) is 11.9. The van der Waals surface area contributed by atoms with Gasteiger partial charge in [0.25, 0.3) is 0 Å². The van der Waals surface area contributed by atoms with E-state index in [4.69, 9.17) is 17.0 Å². The fourth-order valence-corrected chi connectivity index (χ4v) is 3.70. The summed E-state index contributed by atoms with van der Waals surface area (Å²) in [6.07, 6.45) is 2.48. The number of thiocarbonyl (C=S) groups is 1. The molecule has 0 saturated carbocycles. The van der Waals surface area contributed by atoms with Crippen molar-refractivity contribution in [2.75, 3.05) is 38.1 Å². The Hall–Kier alpha value is -1.33. The molecule has 0 amide bonds. The summed E-state index contributed by atoms with van der Waals surface area (Å²) in [5.41, 5.74) is 0.956. The second-order valence-corrected chi connectivity index (χ2v) is 7.31. The molecule has 0 aromatic heterocycles. The molecule has 2 N–H and O–H groups in total. The molecule has 0 spiro atoms. The predicted octanol–water partition coefficient (Wildman–Crippen LogP) is 3.74. The van der Waals surface area contributed by atoms with E-state index in [1.807, 2.05) is 31.2 Å². The molecule has 1 aromatic carbocycles. The lowest BCUT2D eigenvalue weighted by Crippen LogP contribution is -2.40. The number of ether oxygens (including phenoxy) is 1. The Morgan fingerprint density at radius 2 is 2.04 bits per heavy atom. The number of nitrogens with one attached hydrogen (secondary N) is 2. The summed E-state index contributed by atoms with van der Waals surface area (Å²) < 4.78 is 5.50. The summed E-state index contributed by atoms with van der Waals surface area (Å²) in [6, 6.07) is 7.88. The standard InChI is InChI=1S/C19H31N3OS/c1-4-23-18-8-5-7-17(12-18)21-19(24)20-9-6-10-22-13-15(2)11-16(3)14-22/h5,7-8,12,15-16H,4,6,9-11,13-14H2,1-3H3,(H2,20,21,24). The molecule has 4 nitrogen and oxygen atoms in total. The van der Waals surface area contributed by atoms with E-state index in [1.165, 1.54) is 19.5 Å². The van der Waals surface area contributed by atoms with E-state index < -0.39 is 0 Å². The van der Waals surface area contributed by atoms with Gasteiger partial charge in [0, 0.05) is 31.4 Å². The average Bonchev–Trinajstić information content (AvgIpc) is 2.51. The van der Waals surface area contributed by atoms with Crippen LogP contribution >= 0.6 is 12.2 Å². The lowest BCUT2D eigenvalue weighted by Gasteiger charge is -2.35. The first-order chi connectivity index (χ1) is 11.6. The van der Waals surface area contributed by atoms with E-state index in [1.54, 1.807) is 0 Å². The van der Waals surface area contributed by atoms with E-state index in [0.29, 0.717) is 11.7 Å². The predicted molar refractivity (Wildman–Crippen MR) is 106 cm³/mol. The van der Waals surface area contributed by atoms with Gasteiger partial charge >= 0.3 is 0 Å². The van der Waals surface area contributed by atoms with Crippen LogP contribution in [0.15, 0.2) is 24.3 Å². The van der Waals surface area contributed by atoms with Gasteiger partial charge < -0.3 is 20.3 Å². The number of nitrogens with zero attached hydrogens (tertiary/aromatic N) is 1. The van der Waals surface area contributed by atoms with Crippen LogP contribution in [0.5, 0.6) is 5.75 Å². The van der Waals surface area contributed by atoms with Gasteiger partial charge in [-0.25, -0.2) is 0 Å². The molecule has 1 aliphatic heterocycles. The normalized spacial score (nSPS) is 21.3. The highest BCUT2D eigenvalue weighted by molar-refractivity contribution is 7.80. The summed E-state index contributed by atoms with van der Waals surface area (Å²) in [4.78, 5) is 2.59. The van der Waals surface area contributed by atoms with Crippen molar-refractivity contribution >= 4 is 23.0 Å². The maximum Gasteiger partial charge on any atom is 0.170 e. The van der Waals surface area contributed by atoms with Crippen LogP contribution in [0, 0.1) is 11.8 Å². The number of likely N-dealkylation sites (tertiary alicyclic amines) is 1. The zero-order valence-corrected chi connectivity index (χ0v) is 16.0. The molecule has 1 heterocycles. The number of hydrogen-bond acceptors (Lipinski definition) is 3. The van der Waals surface area contributed by atoms with E-state index in [2.05, 4.69) is 29.4 Å². The van der Waals surface area contributed by atoms with Crippen molar-refractivity contribution in [1.29, 1.82) is 0 Å². The monoisotopic (exact) mass is 349 g/mol. The molecule has 1 aromatic rings. The molecule has 2 rings (SSSR count). The first-order valence-electron chi connectivity index (χ1n) is 9.07. The Morgan fingerprint density at radius 3 is 2.75 bits per heavy atom. The third-order valence-corrected chi connectivity index (χ3v) is 4.53. The Morgan fingerprint density at radius 1 is 1.29 bits per heavy atom. The van der Waals surface area contributed by atoms with Gasteiger partial charge in [-0.2, -0.15) is 0 Å². The lowest BCUT2D eigenvalue weighted by molar-refractivity contribution is 0.140. The first kappa shape index (κ1) is 19.0. The lowest BCUT2D eigenvalue weighted by atomic mass is 9.92. The maximum atomic E-state index is 5.50. The number of benzene rings is 1. The van der Waals surface area contributed by atoms with Gasteiger partial charge in [0.05, 0.1) is 6.61 Å². The smallest absolute Gasteiger partial charge is 0.170 e. The molecular weight excluding hydrogens is 318 g/mol. The fourth-order valence-electron chi connectivity index (χ4n) is 3.48. The zero-order valence-electron chi connectivity index (χ0n) is 15.2. The van der Waals surface area contributed by atoms with Gasteiger partial charge in [0.15, 0.2) is 5.11 Å². The largest absolute Gasteiger partial charge is 0.494 e. The molecule has 1 saturated heterocycles. The van der Waals surface area contributed by atoms with Crippen LogP contribution in [-0.2, 0) is 0 Å². The molecule has 0 aliphatic carbocycles. The molecule has 2 unspecified atom stereocenters. The highest BCUT2D eigenvalue weighted by Crippen LogP contribution is 2.20. The van der Waals surface area contributed by atoms with Crippen molar-refractivity contribution in [3.8, 4) is 5.75 Å². The minimum Gasteiger partial charge on any atom is -0.494 e. The van der Waals surface area contributed by atoms with Crippen molar-refractivity contribution < 1.29 is 4.74 Å². The van der Waals surface area contributed by atoms with Crippen LogP contribution in [0.2, 0.25) is 0 Å². The van der Waals surface area contributed by atoms with Crippen LogP contribution in [0.25, 0.3) is 0 Å². The molecule has 24 heavy (non-hydrogen) atoms. The second-order valence-electron chi connectivity index (χ2n) is 6.90. The minimum absolute atomic E-state index is 0.667. The highest BCUT2D eigenvalue weighted by atomic mass is 32.1. The summed E-state index contributed by atoms with van der Waals surface area (Å²) in [7, 11) is 0. The Bertz CT molecular complexity index is 513. The molecule has 2 atom stereocenters. The molecule has 1 aliphatic rings. The number of anilines is 1. The van der Waals surface area contributed by atoms with Gasteiger partial charge in [-0.1, -0.05) is 19.9 Å². The Balaban J connectivity index is 1.65. The summed E-state index contributed by atoms with van der Waals surface area (Å²) in [5, 5.41) is 7.19. The topological polar surface area (TPSA) is 36.5 Å². The van der Waals surface area contributed by atoms with Gasteiger partial charge in [-0.15, -0.1) is 0 Å². The van der Waals surface area contributed by atoms with Gasteiger partial charge in [-0.3, -0.25) is 0 Å². The van der Waals surface area contributed by atoms with Gasteiger partial charge in [0.2, 0.25) is 0 Å². The van der Waals surface area contributed by atoms with Gasteiger partial charge in [-0.05, 0) is 62.5 Å². The minimum atomic E-state index is 0.667. The first-order valence-corrected chi connectivity index (χ1v) is 9.47. The number of rotatable bonds is 7. The van der Waals surface area contributed by atoms with Gasteiger partial charge in [0.1, 0.15) is 5.75 Å². The molecular formula is C19H31N3OS. The van der Waals surface area contributed by atoms with Crippen molar-refractivity contribution in [3.63, 3.8) is 0 Å². The van der Waals surface area contributed by atoms with Crippen molar-refractivity contribution in [2.45, 2.75) is 33.6 Å². The third-order valence-electron chi connectivity index (χ3n) is 4.28. The average molecular weight is 350 g/mol. The van der Waals surface area contributed by atoms with Crippen LogP contribution in [0.4, 0.5) is 5.69 Å². The summed E-state index contributed by atoms with van der Waals surface area (Å²) >= 11 is 5.37. The molecule has 5 heteroatoms. The van der Waals surface area contributed by atoms with E-state index in [9.17, 15) is 0 Å². The quantitative estimate of drug-likeness (QED) is 0.579. The summed E-state index contributed by atoms with van der Waals surface area (Å²) in [5.74, 6) is 2.50. The van der Waals surface area contributed by atoms with E-state index in [0.717, 1.165) is 42.8 Å². The van der Waals surface area contributed by atoms with Crippen molar-refractivity contribution in [2.24, 2.45) is 11.8 Å². The van der Waals surface area contributed by atoms with E-state index >= 15 is 0 Å². The zero-order chi connectivity index (χ0) is 17.4. The third kappa shape index (κ3) is 6.65. The molecule has 0 bridgehead atoms. The number of piperidine rings is 1. The number of hydrogen-bond donors (Lipinski definition) is 2. The van der Waals surface area contributed by atoms with Crippen molar-refractivity contribution in [1.82, 2.24) is 10.2 Å². The SMILES string of the molecule is CCOc1cccc(NC(=S)NCCCN2CC(C)CC(C)C2)c1. The van der Waals surface area contributed by atoms with Crippen molar-refractivity contribution in [3.05, 3.63) is 24.3 Å². The molecule has 0 radical (unpaired) electrons. The Kier molecular flexibility index (Phi) is 7.79. The maximum absolute atomic E-state index is 5.50. The molecule has 134 valence electrons. The second kappa shape index (κ2) is 9.84. The van der Waals surface area contributed by atoms with Crippen LogP contribution < -0.4 is 15.4 Å². The van der Waals surface area contributed by atoms with E-state index in [-0.39, 0.29) is 0 Å². The van der Waals surface area contributed by atoms with Crippen LogP contribution in [0.3, 0.4) is 0 Å². The fraction of sp³-hybridized carbons (Fsp3) is 0.632. The molecule has 1 fully saturated rings. The Labute approximate surface area is 152 Å². The highest BCUT2D eigenvalue weighted by Gasteiger charge is 2.20. The van der Waals surface area contributed by atoms with Crippen LogP contribution in [-0.4, -0.2) is 42.8 Å².